The molecule has 0 radical (unpaired) electrons. The first-order chi connectivity index (χ1) is 20.5. The molecule has 4 saturated carbocycles. The van der Waals surface area contributed by atoms with Crippen LogP contribution in [-0.4, -0.2) is 68.7 Å². The van der Waals surface area contributed by atoms with E-state index in [-0.39, 0.29) is 43.4 Å². The molecule has 242 valence electrons. The average Bonchev–Trinajstić information content (AvgIpc) is 2.98. The molecule has 14 nitrogen and oxygen atoms in total. The van der Waals surface area contributed by atoms with Crippen LogP contribution < -0.4 is 10.8 Å². The van der Waals surface area contributed by atoms with E-state index in [2.05, 4.69) is 10.8 Å². The van der Waals surface area contributed by atoms with Crippen molar-refractivity contribution in [3.8, 4) is 0 Å². The summed E-state index contributed by atoms with van der Waals surface area (Å²) < 4.78 is 0. The average molecular weight is 611 g/mol. The van der Waals surface area contributed by atoms with Gasteiger partial charge in [0.25, 0.3) is 0 Å². The molecule has 4 rings (SSSR count). The minimum atomic E-state index is -1.29. The van der Waals surface area contributed by atoms with E-state index in [0.717, 1.165) is 57.8 Å². The molecule has 4 fully saturated rings. The summed E-state index contributed by atoms with van der Waals surface area (Å²) in [5.74, 6) is -5.18. The largest absolute Gasteiger partial charge is 0.481 e. The van der Waals surface area contributed by atoms with Gasteiger partial charge in [-0.05, 0) is 95.3 Å². The topological polar surface area (TPSA) is 211 Å². The monoisotopic (exact) mass is 610 g/mol. The van der Waals surface area contributed by atoms with Crippen LogP contribution in [0.2, 0.25) is 0 Å². The van der Waals surface area contributed by atoms with E-state index in [1.807, 2.05) is 0 Å². The Balaban J connectivity index is 1.13. The highest BCUT2D eigenvalue weighted by atomic mass is 16.6. The third-order valence-electron chi connectivity index (χ3n) is 10.6. The number of rotatable bonds is 12. The molecule has 0 bridgehead atoms. The molecule has 0 aromatic carbocycles. The van der Waals surface area contributed by atoms with Crippen LogP contribution in [0.5, 0.6) is 0 Å². The predicted octanol–water partition coefficient (Wildman–Crippen LogP) is 3.42. The van der Waals surface area contributed by atoms with Gasteiger partial charge in [0.2, 0.25) is 18.0 Å². The van der Waals surface area contributed by atoms with Crippen LogP contribution in [0.25, 0.3) is 0 Å². The first kappa shape index (κ1) is 33.0. The van der Waals surface area contributed by atoms with Gasteiger partial charge in [-0.3, -0.25) is 34.6 Å². The molecule has 1 amide bonds. The van der Waals surface area contributed by atoms with E-state index >= 15 is 0 Å². The van der Waals surface area contributed by atoms with Crippen molar-refractivity contribution < 1.29 is 39.3 Å². The molecule has 4 N–H and O–H groups in total. The SMILES string of the molecule is O=C(NC1CCC(CC2CCC(NOCC3CCCC([N+](=O)[O-])C3C(=O)O)CC2)CC1)C1CCCC([N+](=O)[O-])C1C(=O)O. The minimum absolute atomic E-state index is 0.0308. The number of carbonyl (C=O) groups excluding carboxylic acids is 1. The van der Waals surface area contributed by atoms with Gasteiger partial charge >= 0.3 is 11.9 Å². The molecule has 6 unspecified atom stereocenters. The smallest absolute Gasteiger partial charge is 0.314 e. The second-order valence-electron chi connectivity index (χ2n) is 13.3. The standard InChI is InChI=1S/C29H46N4O10/c34-27(22-4-2-6-24(33(41)42)26(22)29(37)38)30-20-11-7-17(8-12-20)15-18-9-13-21(14-10-18)31-43-16-19-3-1-5-23(32(39)40)25(19)28(35)36/h17-26,31H,1-16H2,(H,30,34)(H,35,36)(H,37,38). The number of nitrogens with zero attached hydrogens (tertiary/aromatic N) is 2. The number of amides is 1. The van der Waals surface area contributed by atoms with Crippen LogP contribution in [0.3, 0.4) is 0 Å². The zero-order valence-corrected chi connectivity index (χ0v) is 24.6. The van der Waals surface area contributed by atoms with Crippen molar-refractivity contribution in [3.05, 3.63) is 20.2 Å². The van der Waals surface area contributed by atoms with Gasteiger partial charge in [-0.15, -0.1) is 0 Å². The fourth-order valence-corrected chi connectivity index (χ4v) is 8.20. The number of nitro groups is 2. The summed E-state index contributed by atoms with van der Waals surface area (Å²) in [4.78, 5) is 63.8. The van der Waals surface area contributed by atoms with Crippen molar-refractivity contribution in [2.24, 2.45) is 35.5 Å². The van der Waals surface area contributed by atoms with E-state index in [1.165, 1.54) is 0 Å². The summed E-state index contributed by atoms with van der Waals surface area (Å²) in [6.07, 6.45) is 11.2. The van der Waals surface area contributed by atoms with Crippen LogP contribution in [0.15, 0.2) is 0 Å². The van der Waals surface area contributed by atoms with Crippen molar-refractivity contribution in [1.82, 2.24) is 10.8 Å². The van der Waals surface area contributed by atoms with Crippen molar-refractivity contribution >= 4 is 17.8 Å². The molecule has 0 saturated heterocycles. The number of carboxylic acids is 2. The van der Waals surface area contributed by atoms with Crippen LogP contribution in [-0.2, 0) is 19.2 Å². The van der Waals surface area contributed by atoms with Crippen LogP contribution >= 0.6 is 0 Å². The molecule has 43 heavy (non-hydrogen) atoms. The number of hydrogen-bond acceptors (Lipinski definition) is 9. The zero-order chi connectivity index (χ0) is 31.1. The second-order valence-corrected chi connectivity index (χ2v) is 13.3. The van der Waals surface area contributed by atoms with E-state index in [1.54, 1.807) is 0 Å². The Morgan fingerprint density at radius 3 is 1.74 bits per heavy atom. The number of nitrogens with one attached hydrogen (secondary N) is 2. The van der Waals surface area contributed by atoms with E-state index in [4.69, 9.17) is 4.84 Å². The van der Waals surface area contributed by atoms with Crippen LogP contribution in [0, 0.1) is 55.7 Å². The van der Waals surface area contributed by atoms with Gasteiger partial charge < -0.3 is 20.4 Å². The maximum atomic E-state index is 13.0. The minimum Gasteiger partial charge on any atom is -0.481 e. The Hall–Kier alpha value is -2.87. The Kier molecular flexibility index (Phi) is 11.7. The van der Waals surface area contributed by atoms with Crippen molar-refractivity contribution in [2.45, 2.75) is 120 Å². The number of hydrogen-bond donors (Lipinski definition) is 4. The van der Waals surface area contributed by atoms with Gasteiger partial charge in [0.05, 0.1) is 12.5 Å². The van der Waals surface area contributed by atoms with E-state index in [9.17, 15) is 44.8 Å². The highest BCUT2D eigenvalue weighted by Gasteiger charge is 2.49. The molecule has 0 aromatic rings. The van der Waals surface area contributed by atoms with Gasteiger partial charge in [-0.2, -0.15) is 5.48 Å². The van der Waals surface area contributed by atoms with E-state index < -0.39 is 51.6 Å². The van der Waals surface area contributed by atoms with Gasteiger partial charge in [-0.1, -0.05) is 0 Å². The molecule has 0 spiro atoms. The summed E-state index contributed by atoms with van der Waals surface area (Å²) in [5, 5.41) is 44.9. The fourth-order valence-electron chi connectivity index (χ4n) is 8.20. The highest BCUT2D eigenvalue weighted by molar-refractivity contribution is 5.85. The molecule has 0 aliphatic heterocycles. The molecule has 4 aliphatic rings. The summed E-state index contributed by atoms with van der Waals surface area (Å²) in [5.41, 5.74) is 3.09. The first-order valence-electron chi connectivity index (χ1n) is 15.9. The van der Waals surface area contributed by atoms with Gasteiger partial charge in [0.15, 0.2) is 0 Å². The molecule has 6 atom stereocenters. The Bertz CT molecular complexity index is 1010. The number of carboxylic acid groups (broad SMARTS) is 2. The van der Waals surface area contributed by atoms with Gasteiger partial charge in [0.1, 0.15) is 11.8 Å². The summed E-state index contributed by atoms with van der Waals surface area (Å²) in [6, 6.07) is -2.15. The Labute approximate surface area is 250 Å². The fraction of sp³-hybridized carbons (Fsp3) is 0.897. The maximum Gasteiger partial charge on any atom is 0.314 e. The summed E-state index contributed by atoms with van der Waals surface area (Å²) in [6.45, 7) is 0.148. The highest BCUT2D eigenvalue weighted by Crippen LogP contribution is 2.37. The number of carbonyl (C=O) groups is 3. The normalized spacial score (nSPS) is 36.7. The third-order valence-corrected chi connectivity index (χ3v) is 10.6. The van der Waals surface area contributed by atoms with Crippen molar-refractivity contribution in [3.63, 3.8) is 0 Å². The van der Waals surface area contributed by atoms with Crippen LogP contribution in [0.4, 0.5) is 0 Å². The lowest BCUT2D eigenvalue weighted by molar-refractivity contribution is -0.535. The first-order valence-corrected chi connectivity index (χ1v) is 15.9. The maximum absolute atomic E-state index is 13.0. The summed E-state index contributed by atoms with van der Waals surface area (Å²) >= 11 is 0. The quantitative estimate of drug-likeness (QED) is 0.186. The lowest BCUT2D eigenvalue weighted by atomic mass is 9.74. The van der Waals surface area contributed by atoms with Crippen molar-refractivity contribution in [2.75, 3.05) is 6.61 Å². The third kappa shape index (κ3) is 8.62. The van der Waals surface area contributed by atoms with Crippen molar-refractivity contribution in [1.29, 1.82) is 0 Å². The van der Waals surface area contributed by atoms with E-state index in [0.29, 0.717) is 37.5 Å². The van der Waals surface area contributed by atoms with Gasteiger partial charge in [0, 0.05) is 40.7 Å². The molecule has 4 aliphatic carbocycles. The Morgan fingerprint density at radius 2 is 1.21 bits per heavy atom. The number of hydroxylamine groups is 1. The molecular formula is C29H46N4O10. The lowest BCUT2D eigenvalue weighted by Gasteiger charge is -2.36. The van der Waals surface area contributed by atoms with Crippen LogP contribution in [0.1, 0.15) is 96.3 Å². The number of aliphatic carboxylic acids is 2. The lowest BCUT2D eigenvalue weighted by Crippen LogP contribution is -2.50. The molecule has 0 heterocycles. The molecule has 14 heteroatoms. The zero-order valence-electron chi connectivity index (χ0n) is 24.6. The predicted molar refractivity (Wildman–Crippen MR) is 152 cm³/mol. The molecule has 0 aromatic heterocycles. The Morgan fingerprint density at radius 1 is 0.698 bits per heavy atom. The van der Waals surface area contributed by atoms with Gasteiger partial charge in [-0.25, -0.2) is 0 Å². The second kappa shape index (κ2) is 15.2. The molecular weight excluding hydrogens is 564 g/mol. The summed E-state index contributed by atoms with van der Waals surface area (Å²) in [7, 11) is 0.